The number of nitrogens with one attached hydrogen (secondary N) is 2. The highest BCUT2D eigenvalue weighted by Crippen LogP contribution is 2.14. The zero-order valence-electron chi connectivity index (χ0n) is 10.4. The van der Waals surface area contributed by atoms with Gasteiger partial charge in [-0.1, -0.05) is 0 Å². The maximum absolute atomic E-state index is 11.5. The van der Waals surface area contributed by atoms with E-state index in [1.54, 1.807) is 0 Å². The molecule has 1 rings (SSSR count). The first kappa shape index (κ1) is 13.9. The number of rotatable bonds is 4. The number of hydrogen-bond donors (Lipinski definition) is 3. The van der Waals surface area contributed by atoms with Crippen LogP contribution in [0, 0.1) is 5.92 Å². The van der Waals surface area contributed by atoms with Gasteiger partial charge in [-0.25, -0.2) is 4.79 Å². The summed E-state index contributed by atoms with van der Waals surface area (Å²) in [7, 11) is 0. The maximum Gasteiger partial charge on any atom is 0.321 e. The number of carbonyl (C=O) groups is 2. The summed E-state index contributed by atoms with van der Waals surface area (Å²) < 4.78 is 0. The van der Waals surface area contributed by atoms with Gasteiger partial charge in [0.1, 0.15) is 0 Å². The average molecular weight is 242 g/mol. The predicted molar refractivity (Wildman–Crippen MR) is 65.4 cm³/mol. The normalized spacial score (nSPS) is 17.8. The fourth-order valence-corrected chi connectivity index (χ4v) is 1.95. The topological polar surface area (TPSA) is 87.5 Å². The third kappa shape index (κ3) is 5.14. The van der Waals surface area contributed by atoms with Gasteiger partial charge in [0.2, 0.25) is 5.91 Å². The van der Waals surface area contributed by atoms with Gasteiger partial charge in [0, 0.05) is 6.54 Å². The summed E-state index contributed by atoms with van der Waals surface area (Å²) in [4.78, 5) is 24.7. The third-order valence-electron chi connectivity index (χ3n) is 3.00. The maximum atomic E-state index is 11.5. The minimum absolute atomic E-state index is 0.248. The Hall–Kier alpha value is -1.14. The standard InChI is InChI=1S/C11H22N4O2/c1-2-13-11(17)14-10(16)8-15-5-3-9(7-12)4-6-15/h9H,2-8,12H2,1H3,(H2,13,14,16,17). The lowest BCUT2D eigenvalue weighted by atomic mass is 9.97. The molecule has 17 heavy (non-hydrogen) atoms. The van der Waals surface area contributed by atoms with Gasteiger partial charge < -0.3 is 11.1 Å². The Labute approximate surface area is 102 Å². The van der Waals surface area contributed by atoms with Crippen molar-refractivity contribution >= 4 is 11.9 Å². The molecule has 0 aromatic heterocycles. The Kier molecular flexibility index (Phi) is 5.93. The van der Waals surface area contributed by atoms with Crippen molar-refractivity contribution in [3.63, 3.8) is 0 Å². The molecule has 0 spiro atoms. The van der Waals surface area contributed by atoms with Gasteiger partial charge in [-0.15, -0.1) is 0 Å². The molecular weight excluding hydrogens is 220 g/mol. The molecule has 1 aliphatic rings. The van der Waals surface area contributed by atoms with Crippen LogP contribution in [0.5, 0.6) is 0 Å². The van der Waals surface area contributed by atoms with E-state index in [0.717, 1.165) is 32.5 Å². The molecule has 1 aliphatic heterocycles. The second-order valence-corrected chi connectivity index (χ2v) is 4.36. The Bertz CT molecular complexity index is 262. The van der Waals surface area contributed by atoms with E-state index < -0.39 is 6.03 Å². The first-order valence-corrected chi connectivity index (χ1v) is 6.15. The van der Waals surface area contributed by atoms with Crippen LogP contribution in [0.3, 0.4) is 0 Å². The van der Waals surface area contributed by atoms with Gasteiger partial charge in [-0.2, -0.15) is 0 Å². The second-order valence-electron chi connectivity index (χ2n) is 4.36. The van der Waals surface area contributed by atoms with E-state index in [-0.39, 0.29) is 12.5 Å². The molecule has 0 radical (unpaired) electrons. The third-order valence-corrected chi connectivity index (χ3v) is 3.00. The molecule has 0 atom stereocenters. The van der Waals surface area contributed by atoms with Crippen LogP contribution in [0.1, 0.15) is 19.8 Å². The number of amides is 3. The van der Waals surface area contributed by atoms with Crippen molar-refractivity contribution in [1.29, 1.82) is 0 Å². The van der Waals surface area contributed by atoms with Crippen molar-refractivity contribution < 1.29 is 9.59 Å². The summed E-state index contributed by atoms with van der Waals surface area (Å²) in [5.74, 6) is 0.333. The molecule has 0 bridgehead atoms. The van der Waals surface area contributed by atoms with Crippen LogP contribution in [0.4, 0.5) is 4.79 Å². The van der Waals surface area contributed by atoms with E-state index in [9.17, 15) is 9.59 Å². The van der Waals surface area contributed by atoms with Gasteiger partial charge in [-0.05, 0) is 45.3 Å². The van der Waals surface area contributed by atoms with E-state index in [2.05, 4.69) is 15.5 Å². The van der Waals surface area contributed by atoms with E-state index in [1.165, 1.54) is 0 Å². The Morgan fingerprint density at radius 1 is 1.35 bits per heavy atom. The molecule has 1 saturated heterocycles. The summed E-state index contributed by atoms with van der Waals surface area (Å²) >= 11 is 0. The predicted octanol–water partition coefficient (Wildman–Crippen LogP) is -0.497. The monoisotopic (exact) mass is 242 g/mol. The summed E-state index contributed by atoms with van der Waals surface area (Å²) in [6.07, 6.45) is 2.07. The van der Waals surface area contributed by atoms with Crippen LogP contribution in [-0.4, -0.2) is 49.6 Å². The van der Waals surface area contributed by atoms with Crippen molar-refractivity contribution in [3.8, 4) is 0 Å². The number of likely N-dealkylation sites (tertiary alicyclic amines) is 1. The number of piperidine rings is 1. The van der Waals surface area contributed by atoms with Crippen LogP contribution in [0.25, 0.3) is 0 Å². The van der Waals surface area contributed by atoms with Crippen molar-refractivity contribution in [1.82, 2.24) is 15.5 Å². The largest absolute Gasteiger partial charge is 0.338 e. The number of nitrogens with zero attached hydrogens (tertiary/aromatic N) is 1. The molecule has 0 unspecified atom stereocenters. The lowest BCUT2D eigenvalue weighted by Gasteiger charge is -2.30. The van der Waals surface area contributed by atoms with Crippen molar-refractivity contribution in [2.24, 2.45) is 11.7 Å². The molecule has 1 heterocycles. The summed E-state index contributed by atoms with van der Waals surface area (Å²) in [6, 6.07) is -0.422. The van der Waals surface area contributed by atoms with Gasteiger partial charge in [0.05, 0.1) is 6.54 Å². The smallest absolute Gasteiger partial charge is 0.321 e. The zero-order valence-corrected chi connectivity index (χ0v) is 10.4. The molecule has 0 aromatic rings. The van der Waals surface area contributed by atoms with Crippen LogP contribution in [0.2, 0.25) is 0 Å². The van der Waals surface area contributed by atoms with Crippen LogP contribution in [0.15, 0.2) is 0 Å². The van der Waals surface area contributed by atoms with Crippen LogP contribution >= 0.6 is 0 Å². The second kappa shape index (κ2) is 7.24. The number of imide groups is 1. The highest BCUT2D eigenvalue weighted by atomic mass is 16.2. The molecule has 0 aliphatic carbocycles. The van der Waals surface area contributed by atoms with Gasteiger partial charge in [0.15, 0.2) is 0 Å². The Morgan fingerprint density at radius 2 is 2.00 bits per heavy atom. The molecule has 6 heteroatoms. The first-order valence-electron chi connectivity index (χ1n) is 6.15. The lowest BCUT2D eigenvalue weighted by molar-refractivity contribution is -0.121. The van der Waals surface area contributed by atoms with Crippen LogP contribution in [-0.2, 0) is 4.79 Å². The molecule has 98 valence electrons. The van der Waals surface area contributed by atoms with Gasteiger partial charge >= 0.3 is 6.03 Å². The zero-order chi connectivity index (χ0) is 12.7. The van der Waals surface area contributed by atoms with E-state index >= 15 is 0 Å². The number of nitrogens with two attached hydrogens (primary N) is 1. The minimum atomic E-state index is -0.422. The fourth-order valence-electron chi connectivity index (χ4n) is 1.95. The quantitative estimate of drug-likeness (QED) is 0.620. The van der Waals surface area contributed by atoms with Crippen molar-refractivity contribution in [2.75, 3.05) is 32.7 Å². The van der Waals surface area contributed by atoms with Crippen molar-refractivity contribution in [2.45, 2.75) is 19.8 Å². The van der Waals surface area contributed by atoms with Gasteiger partial charge in [-0.3, -0.25) is 15.0 Å². The van der Waals surface area contributed by atoms with Crippen molar-refractivity contribution in [3.05, 3.63) is 0 Å². The lowest BCUT2D eigenvalue weighted by Crippen LogP contribution is -2.46. The summed E-state index contributed by atoms with van der Waals surface area (Å²) in [5.41, 5.74) is 5.60. The first-order chi connectivity index (χ1) is 8.15. The number of carbonyl (C=O) groups excluding carboxylic acids is 2. The highest BCUT2D eigenvalue weighted by molar-refractivity contribution is 5.95. The Balaban J connectivity index is 2.21. The molecule has 1 fully saturated rings. The summed E-state index contributed by atoms with van der Waals surface area (Å²) in [5, 5.41) is 4.82. The molecule has 3 amide bonds. The molecule has 0 aromatic carbocycles. The van der Waals surface area contributed by atoms with E-state index in [4.69, 9.17) is 5.73 Å². The summed E-state index contributed by atoms with van der Waals surface area (Å²) in [6.45, 7) is 5.09. The molecular formula is C11H22N4O2. The van der Waals surface area contributed by atoms with Gasteiger partial charge in [0.25, 0.3) is 0 Å². The van der Waals surface area contributed by atoms with E-state index in [1.807, 2.05) is 6.92 Å². The number of hydrogen-bond acceptors (Lipinski definition) is 4. The SMILES string of the molecule is CCNC(=O)NC(=O)CN1CCC(CN)CC1. The van der Waals surface area contributed by atoms with E-state index in [0.29, 0.717) is 12.5 Å². The van der Waals surface area contributed by atoms with Crippen LogP contribution < -0.4 is 16.4 Å². The molecule has 6 nitrogen and oxygen atoms in total. The molecule has 0 saturated carbocycles. The average Bonchev–Trinajstić information content (AvgIpc) is 2.30. The highest BCUT2D eigenvalue weighted by Gasteiger charge is 2.20. The minimum Gasteiger partial charge on any atom is -0.338 e. The number of urea groups is 1. The molecule has 4 N–H and O–H groups in total. The fraction of sp³-hybridized carbons (Fsp3) is 0.818. The Morgan fingerprint density at radius 3 is 2.53 bits per heavy atom.